The topological polar surface area (TPSA) is 37.4 Å². The predicted molar refractivity (Wildman–Crippen MR) is 101 cm³/mol. The summed E-state index contributed by atoms with van der Waals surface area (Å²) in [7, 11) is 0. The number of nitrogens with zero attached hydrogens (tertiary/aromatic N) is 1. The minimum absolute atomic E-state index is 0.0101. The van der Waals surface area contributed by atoms with Crippen molar-refractivity contribution >= 4 is 23.3 Å². The Kier molecular flexibility index (Phi) is 4.70. The van der Waals surface area contributed by atoms with Crippen molar-refractivity contribution < 1.29 is 9.59 Å². The molecule has 3 nitrogen and oxygen atoms in total. The van der Waals surface area contributed by atoms with E-state index >= 15 is 0 Å². The number of hydrogen-bond acceptors (Lipinski definition) is 2. The molecule has 0 radical (unpaired) electrons. The lowest BCUT2D eigenvalue weighted by molar-refractivity contribution is -0.130. The second kappa shape index (κ2) is 6.64. The number of carbonyl (C=O) groups excluding carboxylic acids is 2. The van der Waals surface area contributed by atoms with Gasteiger partial charge in [-0.1, -0.05) is 35.9 Å². The largest absolute Gasteiger partial charge is 0.332 e. The van der Waals surface area contributed by atoms with Gasteiger partial charge < -0.3 is 4.90 Å². The van der Waals surface area contributed by atoms with Gasteiger partial charge >= 0.3 is 0 Å². The maximum Gasteiger partial charge on any atom is 0.238 e. The number of carbonyl (C=O) groups is 2. The van der Waals surface area contributed by atoms with E-state index in [2.05, 4.69) is 0 Å². The third-order valence-electron chi connectivity index (χ3n) is 4.86. The minimum atomic E-state index is -0.665. The molecule has 0 N–H and O–H groups in total. The molecule has 3 rings (SSSR count). The number of aryl methyl sites for hydroxylation is 2. The van der Waals surface area contributed by atoms with Gasteiger partial charge in [-0.05, 0) is 67.6 Å². The zero-order valence-corrected chi connectivity index (χ0v) is 15.7. The Bertz CT molecular complexity index is 816. The molecule has 0 aromatic heterocycles. The number of hydrogen-bond donors (Lipinski definition) is 0. The molecule has 25 heavy (non-hydrogen) atoms. The number of Topliss-reactive ketones (excluding diaryl/α,β-unsaturated/α-hetero) is 1. The van der Waals surface area contributed by atoms with Crippen LogP contribution in [-0.4, -0.2) is 29.2 Å². The van der Waals surface area contributed by atoms with E-state index < -0.39 is 5.92 Å². The fourth-order valence-corrected chi connectivity index (χ4v) is 3.73. The summed E-state index contributed by atoms with van der Waals surface area (Å²) in [5.41, 5.74) is 4.93. The molecule has 1 saturated heterocycles. The van der Waals surface area contributed by atoms with Crippen molar-refractivity contribution in [3.05, 3.63) is 58.1 Å². The van der Waals surface area contributed by atoms with Gasteiger partial charge in [0, 0.05) is 11.1 Å². The molecule has 1 unspecified atom stereocenters. The number of likely N-dealkylation sites (tertiary alicyclic amines) is 1. The van der Waals surface area contributed by atoms with Crippen LogP contribution in [0.1, 0.15) is 36.5 Å². The van der Waals surface area contributed by atoms with Crippen LogP contribution in [0.25, 0.3) is 11.1 Å². The average Bonchev–Trinajstić information content (AvgIpc) is 2.83. The second-order valence-electron chi connectivity index (χ2n) is 6.99. The molecule has 1 aliphatic heterocycles. The van der Waals surface area contributed by atoms with Crippen LogP contribution >= 0.6 is 11.6 Å². The first-order chi connectivity index (χ1) is 11.8. The molecule has 0 saturated carbocycles. The van der Waals surface area contributed by atoms with Crippen molar-refractivity contribution in [1.29, 1.82) is 0 Å². The van der Waals surface area contributed by atoms with E-state index in [1.807, 2.05) is 64.1 Å². The number of rotatable bonds is 3. The maximum absolute atomic E-state index is 12.7. The van der Waals surface area contributed by atoms with Crippen molar-refractivity contribution in [2.24, 2.45) is 0 Å². The SMILES string of the molecule is Cc1cc(-c2ccc(Cl)cc2)cc(C)c1C1C(=O)CN(C(C)C)C1=O. The summed E-state index contributed by atoms with van der Waals surface area (Å²) in [6, 6.07) is 11.8. The van der Waals surface area contributed by atoms with E-state index in [-0.39, 0.29) is 24.3 Å². The molecule has 2 aromatic carbocycles. The summed E-state index contributed by atoms with van der Waals surface area (Å²) >= 11 is 5.96. The predicted octanol–water partition coefficient (Wildman–Crippen LogP) is 4.53. The molecule has 1 aliphatic rings. The molecule has 130 valence electrons. The number of ketones is 1. The van der Waals surface area contributed by atoms with Crippen LogP contribution < -0.4 is 0 Å². The summed E-state index contributed by atoms with van der Waals surface area (Å²) in [6.45, 7) is 8.04. The summed E-state index contributed by atoms with van der Waals surface area (Å²) in [6.07, 6.45) is 0. The first-order valence-corrected chi connectivity index (χ1v) is 8.87. The van der Waals surface area contributed by atoms with Crippen LogP contribution in [-0.2, 0) is 9.59 Å². The minimum Gasteiger partial charge on any atom is -0.332 e. The fraction of sp³-hybridized carbons (Fsp3) is 0.333. The van der Waals surface area contributed by atoms with Crippen LogP contribution in [0.4, 0.5) is 0 Å². The summed E-state index contributed by atoms with van der Waals surface area (Å²) in [5.74, 6) is -0.753. The van der Waals surface area contributed by atoms with Gasteiger partial charge in [-0.25, -0.2) is 0 Å². The Balaban J connectivity index is 2.03. The molecule has 2 aromatic rings. The van der Waals surface area contributed by atoms with Gasteiger partial charge in [0.25, 0.3) is 0 Å². The third-order valence-corrected chi connectivity index (χ3v) is 5.11. The van der Waals surface area contributed by atoms with Crippen molar-refractivity contribution in [3.8, 4) is 11.1 Å². The van der Waals surface area contributed by atoms with Gasteiger partial charge in [-0.3, -0.25) is 9.59 Å². The van der Waals surface area contributed by atoms with Crippen LogP contribution in [0, 0.1) is 13.8 Å². The molecule has 1 atom stereocenters. The lowest BCUT2D eigenvalue weighted by Gasteiger charge is -2.21. The highest BCUT2D eigenvalue weighted by atomic mass is 35.5. The van der Waals surface area contributed by atoms with E-state index in [1.165, 1.54) is 0 Å². The summed E-state index contributed by atoms with van der Waals surface area (Å²) < 4.78 is 0. The third kappa shape index (κ3) is 3.21. The van der Waals surface area contributed by atoms with Gasteiger partial charge in [-0.2, -0.15) is 0 Å². The van der Waals surface area contributed by atoms with Gasteiger partial charge in [0.1, 0.15) is 5.92 Å². The van der Waals surface area contributed by atoms with Gasteiger partial charge in [-0.15, -0.1) is 0 Å². The first kappa shape index (κ1) is 17.7. The van der Waals surface area contributed by atoms with Crippen LogP contribution in [0.2, 0.25) is 5.02 Å². The van der Waals surface area contributed by atoms with Gasteiger partial charge in [0.05, 0.1) is 6.54 Å². The Hall–Kier alpha value is -2.13. The Morgan fingerprint density at radius 2 is 1.56 bits per heavy atom. The monoisotopic (exact) mass is 355 g/mol. The molecule has 1 amide bonds. The van der Waals surface area contributed by atoms with E-state index in [9.17, 15) is 9.59 Å². The smallest absolute Gasteiger partial charge is 0.238 e. The van der Waals surface area contributed by atoms with Crippen LogP contribution in [0.15, 0.2) is 36.4 Å². The van der Waals surface area contributed by atoms with Crippen molar-refractivity contribution in [1.82, 2.24) is 4.90 Å². The lowest BCUT2D eigenvalue weighted by Crippen LogP contribution is -2.33. The Labute approximate surface area is 153 Å². The molecule has 1 heterocycles. The molecule has 1 fully saturated rings. The summed E-state index contributed by atoms with van der Waals surface area (Å²) in [4.78, 5) is 26.9. The Morgan fingerprint density at radius 3 is 2.04 bits per heavy atom. The highest BCUT2D eigenvalue weighted by molar-refractivity contribution is 6.30. The van der Waals surface area contributed by atoms with Crippen molar-refractivity contribution in [3.63, 3.8) is 0 Å². The average molecular weight is 356 g/mol. The van der Waals surface area contributed by atoms with Gasteiger partial charge in [0.2, 0.25) is 5.91 Å². The standard InChI is InChI=1S/C21H22ClNO2/c1-12(2)23-11-18(24)20(21(23)25)19-13(3)9-16(10-14(19)4)15-5-7-17(22)8-6-15/h5-10,12,20H,11H2,1-4H3. The second-order valence-corrected chi connectivity index (χ2v) is 7.43. The van der Waals surface area contributed by atoms with Crippen LogP contribution in [0.5, 0.6) is 0 Å². The zero-order chi connectivity index (χ0) is 18.3. The molecule has 0 bridgehead atoms. The van der Waals surface area contributed by atoms with E-state index in [4.69, 9.17) is 11.6 Å². The molecule has 4 heteroatoms. The van der Waals surface area contributed by atoms with E-state index in [0.717, 1.165) is 27.8 Å². The van der Waals surface area contributed by atoms with Crippen molar-refractivity contribution in [2.45, 2.75) is 39.7 Å². The van der Waals surface area contributed by atoms with E-state index in [1.54, 1.807) is 4.90 Å². The molecular formula is C21H22ClNO2. The fourth-order valence-electron chi connectivity index (χ4n) is 3.60. The van der Waals surface area contributed by atoms with E-state index in [0.29, 0.717) is 5.02 Å². The maximum atomic E-state index is 12.7. The normalized spacial score (nSPS) is 17.7. The number of amides is 1. The first-order valence-electron chi connectivity index (χ1n) is 8.50. The lowest BCUT2D eigenvalue weighted by atomic mass is 9.86. The quantitative estimate of drug-likeness (QED) is 0.759. The number of halogens is 1. The highest BCUT2D eigenvalue weighted by Crippen LogP contribution is 2.34. The highest BCUT2D eigenvalue weighted by Gasteiger charge is 2.42. The number of benzene rings is 2. The van der Waals surface area contributed by atoms with Gasteiger partial charge in [0.15, 0.2) is 5.78 Å². The summed E-state index contributed by atoms with van der Waals surface area (Å²) in [5, 5.41) is 0.699. The van der Waals surface area contributed by atoms with Crippen molar-refractivity contribution in [2.75, 3.05) is 6.54 Å². The Morgan fingerprint density at radius 1 is 1.00 bits per heavy atom. The zero-order valence-electron chi connectivity index (χ0n) is 15.0. The molecular weight excluding hydrogens is 334 g/mol. The molecule has 0 spiro atoms. The molecule has 0 aliphatic carbocycles. The van der Waals surface area contributed by atoms with Crippen LogP contribution in [0.3, 0.4) is 0 Å².